The van der Waals surface area contributed by atoms with Gasteiger partial charge < -0.3 is 5.73 Å². The molecule has 1 aliphatic carbocycles. The number of hydrogen-bond donors (Lipinski definition) is 1. The Morgan fingerprint density at radius 2 is 2.23 bits per heavy atom. The van der Waals surface area contributed by atoms with E-state index in [2.05, 4.69) is 31.2 Å². The summed E-state index contributed by atoms with van der Waals surface area (Å²) >= 11 is 0. The van der Waals surface area contributed by atoms with Gasteiger partial charge in [0, 0.05) is 6.04 Å². The van der Waals surface area contributed by atoms with Gasteiger partial charge in [-0.1, -0.05) is 42.7 Å². The van der Waals surface area contributed by atoms with Crippen LogP contribution in [0.25, 0.3) is 0 Å². The first-order valence-corrected chi connectivity index (χ1v) is 5.08. The van der Waals surface area contributed by atoms with E-state index in [1.54, 1.807) is 0 Å². The lowest BCUT2D eigenvalue weighted by atomic mass is 10.0. The fraction of sp³-hybridized carbons (Fsp3) is 0.500. The summed E-state index contributed by atoms with van der Waals surface area (Å²) in [4.78, 5) is 0. The van der Waals surface area contributed by atoms with Crippen LogP contribution in [0.1, 0.15) is 36.4 Å². The molecule has 2 N–H and O–H groups in total. The topological polar surface area (TPSA) is 26.0 Å². The van der Waals surface area contributed by atoms with Crippen LogP contribution >= 0.6 is 0 Å². The van der Waals surface area contributed by atoms with Gasteiger partial charge in [0.1, 0.15) is 0 Å². The molecule has 13 heavy (non-hydrogen) atoms. The Labute approximate surface area is 80.0 Å². The summed E-state index contributed by atoms with van der Waals surface area (Å²) in [6, 6.07) is 8.81. The Hall–Kier alpha value is -0.820. The summed E-state index contributed by atoms with van der Waals surface area (Å²) in [6.07, 6.45) is 3.95. The van der Waals surface area contributed by atoms with Crippen LogP contribution in [0.5, 0.6) is 0 Å². The Balaban J connectivity index is 2.04. The van der Waals surface area contributed by atoms with Crippen LogP contribution in [0, 0.1) is 12.8 Å². The molecule has 0 spiro atoms. The monoisotopic (exact) mass is 175 g/mol. The second kappa shape index (κ2) is 3.51. The summed E-state index contributed by atoms with van der Waals surface area (Å²) in [5.74, 6) is 0.913. The molecule has 2 rings (SSSR count). The van der Waals surface area contributed by atoms with E-state index >= 15 is 0 Å². The van der Waals surface area contributed by atoms with E-state index in [1.165, 1.54) is 30.4 Å². The van der Waals surface area contributed by atoms with Gasteiger partial charge in [-0.2, -0.15) is 0 Å². The van der Waals surface area contributed by atoms with E-state index in [4.69, 9.17) is 5.73 Å². The SMILES string of the molecule is Cc1cccc([C@@H](N)CC2CC2)c1. The molecule has 1 aliphatic rings. The third kappa shape index (κ3) is 2.31. The van der Waals surface area contributed by atoms with Crippen LogP contribution in [-0.2, 0) is 0 Å². The maximum Gasteiger partial charge on any atom is 0.0297 e. The first-order chi connectivity index (χ1) is 6.25. The third-order valence-corrected chi connectivity index (χ3v) is 2.75. The first-order valence-electron chi connectivity index (χ1n) is 5.08. The molecule has 1 aromatic rings. The van der Waals surface area contributed by atoms with Crippen LogP contribution in [0.4, 0.5) is 0 Å². The standard InChI is InChI=1S/C12H17N/c1-9-3-2-4-11(7-9)12(13)8-10-5-6-10/h2-4,7,10,12H,5-6,8,13H2,1H3/t12-/m0/s1. The summed E-state index contributed by atoms with van der Waals surface area (Å²) in [6.45, 7) is 2.12. The number of rotatable bonds is 3. The fourth-order valence-electron chi connectivity index (χ4n) is 1.75. The summed E-state index contributed by atoms with van der Waals surface area (Å²) in [7, 11) is 0. The highest BCUT2D eigenvalue weighted by molar-refractivity contribution is 5.24. The molecule has 0 aliphatic heterocycles. The number of hydrogen-bond acceptors (Lipinski definition) is 1. The van der Waals surface area contributed by atoms with Gasteiger partial charge in [0.05, 0.1) is 0 Å². The molecule has 1 aromatic carbocycles. The van der Waals surface area contributed by atoms with Crippen LogP contribution in [0.3, 0.4) is 0 Å². The smallest absolute Gasteiger partial charge is 0.0297 e. The zero-order valence-electron chi connectivity index (χ0n) is 8.16. The van der Waals surface area contributed by atoms with E-state index in [-0.39, 0.29) is 6.04 Å². The third-order valence-electron chi connectivity index (χ3n) is 2.75. The molecule has 1 fully saturated rings. The molecule has 1 saturated carbocycles. The molecule has 0 bridgehead atoms. The van der Waals surface area contributed by atoms with E-state index in [0.717, 1.165) is 5.92 Å². The largest absolute Gasteiger partial charge is 0.324 e. The normalized spacial score (nSPS) is 18.6. The van der Waals surface area contributed by atoms with Crippen molar-refractivity contribution in [1.82, 2.24) is 0 Å². The maximum atomic E-state index is 6.10. The van der Waals surface area contributed by atoms with Gasteiger partial charge in [0.15, 0.2) is 0 Å². The van der Waals surface area contributed by atoms with Gasteiger partial charge >= 0.3 is 0 Å². The number of aryl methyl sites for hydroxylation is 1. The molecule has 1 nitrogen and oxygen atoms in total. The summed E-state index contributed by atoms with van der Waals surface area (Å²) < 4.78 is 0. The highest BCUT2D eigenvalue weighted by Crippen LogP contribution is 2.36. The molecule has 0 radical (unpaired) electrons. The lowest BCUT2D eigenvalue weighted by Gasteiger charge is -2.11. The minimum Gasteiger partial charge on any atom is -0.324 e. The van der Waals surface area contributed by atoms with Crippen molar-refractivity contribution in [3.63, 3.8) is 0 Å². The second-order valence-electron chi connectivity index (χ2n) is 4.20. The molecule has 0 saturated heterocycles. The molecule has 0 amide bonds. The predicted molar refractivity (Wildman–Crippen MR) is 55.4 cm³/mol. The van der Waals surface area contributed by atoms with Crippen LogP contribution in [0.15, 0.2) is 24.3 Å². The summed E-state index contributed by atoms with van der Waals surface area (Å²) in [5.41, 5.74) is 8.71. The summed E-state index contributed by atoms with van der Waals surface area (Å²) in [5, 5.41) is 0. The van der Waals surface area contributed by atoms with Crippen molar-refractivity contribution in [1.29, 1.82) is 0 Å². The minimum absolute atomic E-state index is 0.257. The van der Waals surface area contributed by atoms with Gasteiger partial charge in [0.25, 0.3) is 0 Å². The van der Waals surface area contributed by atoms with Gasteiger partial charge in [-0.25, -0.2) is 0 Å². The quantitative estimate of drug-likeness (QED) is 0.751. The average Bonchev–Trinajstić information content (AvgIpc) is 2.88. The number of benzene rings is 1. The molecular weight excluding hydrogens is 158 g/mol. The molecular formula is C12H17N. The zero-order valence-corrected chi connectivity index (χ0v) is 8.16. The zero-order chi connectivity index (χ0) is 9.26. The minimum atomic E-state index is 0.257. The molecule has 1 atom stereocenters. The molecule has 1 heteroatoms. The van der Waals surface area contributed by atoms with Crippen molar-refractivity contribution in [2.45, 2.75) is 32.2 Å². The molecule has 0 unspecified atom stereocenters. The molecule has 70 valence electrons. The molecule has 0 aromatic heterocycles. The second-order valence-corrected chi connectivity index (χ2v) is 4.20. The van der Waals surface area contributed by atoms with E-state index < -0.39 is 0 Å². The molecule has 0 heterocycles. The average molecular weight is 175 g/mol. The lowest BCUT2D eigenvalue weighted by molar-refractivity contribution is 0.597. The highest BCUT2D eigenvalue weighted by atomic mass is 14.6. The lowest BCUT2D eigenvalue weighted by Crippen LogP contribution is -2.10. The van der Waals surface area contributed by atoms with E-state index in [9.17, 15) is 0 Å². The highest BCUT2D eigenvalue weighted by Gasteiger charge is 2.24. The Bertz CT molecular complexity index is 289. The van der Waals surface area contributed by atoms with Gasteiger partial charge in [0.2, 0.25) is 0 Å². The van der Waals surface area contributed by atoms with Gasteiger partial charge in [-0.15, -0.1) is 0 Å². The number of nitrogens with two attached hydrogens (primary N) is 1. The Morgan fingerprint density at radius 1 is 1.46 bits per heavy atom. The van der Waals surface area contributed by atoms with Crippen LogP contribution in [0.2, 0.25) is 0 Å². The van der Waals surface area contributed by atoms with Crippen molar-refractivity contribution in [2.24, 2.45) is 11.7 Å². The van der Waals surface area contributed by atoms with Crippen molar-refractivity contribution in [3.8, 4) is 0 Å². The van der Waals surface area contributed by atoms with E-state index in [0.29, 0.717) is 0 Å². The van der Waals surface area contributed by atoms with Crippen molar-refractivity contribution >= 4 is 0 Å². The van der Waals surface area contributed by atoms with Crippen molar-refractivity contribution in [3.05, 3.63) is 35.4 Å². The van der Waals surface area contributed by atoms with Gasteiger partial charge in [-0.3, -0.25) is 0 Å². The van der Waals surface area contributed by atoms with E-state index in [1.807, 2.05) is 0 Å². The van der Waals surface area contributed by atoms with Crippen LogP contribution < -0.4 is 5.73 Å². The maximum absolute atomic E-state index is 6.10. The van der Waals surface area contributed by atoms with Crippen molar-refractivity contribution in [2.75, 3.05) is 0 Å². The van der Waals surface area contributed by atoms with Crippen molar-refractivity contribution < 1.29 is 0 Å². The van der Waals surface area contributed by atoms with Gasteiger partial charge in [-0.05, 0) is 24.8 Å². The first kappa shape index (κ1) is 8.76. The predicted octanol–water partition coefficient (Wildman–Crippen LogP) is 2.79. The Morgan fingerprint density at radius 3 is 2.85 bits per heavy atom. The van der Waals surface area contributed by atoms with Crippen LogP contribution in [-0.4, -0.2) is 0 Å². The fourth-order valence-corrected chi connectivity index (χ4v) is 1.75. The Kier molecular flexibility index (Phi) is 2.36.